The zero-order chi connectivity index (χ0) is 14.9. The van der Waals surface area contributed by atoms with Gasteiger partial charge in [0.2, 0.25) is 0 Å². The van der Waals surface area contributed by atoms with Crippen molar-refractivity contribution in [1.29, 1.82) is 0 Å². The predicted octanol–water partition coefficient (Wildman–Crippen LogP) is 1.44. The molecule has 0 aliphatic carbocycles. The van der Waals surface area contributed by atoms with E-state index in [1.54, 1.807) is 0 Å². The summed E-state index contributed by atoms with van der Waals surface area (Å²) in [5.41, 5.74) is 12.5. The minimum Gasteiger partial charge on any atom is -0.399 e. The average Bonchev–Trinajstić information content (AvgIpc) is 2.95. The predicted molar refractivity (Wildman–Crippen MR) is 84.3 cm³/mol. The van der Waals surface area contributed by atoms with Crippen LogP contribution < -0.4 is 16.4 Å². The van der Waals surface area contributed by atoms with Crippen molar-refractivity contribution in [2.45, 2.75) is 18.5 Å². The molecule has 5 heteroatoms. The Balaban J connectivity index is 2.01. The fraction of sp³-hybridized carbons (Fsp3) is 0.312. The molecule has 2 aliphatic heterocycles. The van der Waals surface area contributed by atoms with Crippen molar-refractivity contribution >= 4 is 17.3 Å². The number of hydrogen-bond donors (Lipinski definition) is 2. The molecule has 2 heterocycles. The van der Waals surface area contributed by atoms with Crippen LogP contribution in [0.5, 0.6) is 0 Å². The summed E-state index contributed by atoms with van der Waals surface area (Å²) in [6, 6.07) is 7.60. The molecule has 1 aromatic rings. The second-order valence-electron chi connectivity index (χ2n) is 5.45. The molecule has 3 rings (SSSR count). The van der Waals surface area contributed by atoms with Gasteiger partial charge < -0.3 is 21.3 Å². The molecule has 5 nitrogen and oxygen atoms in total. The maximum absolute atomic E-state index is 12.3. The molecular weight excluding hydrogens is 264 g/mol. The first-order valence-electron chi connectivity index (χ1n) is 7.18. The van der Waals surface area contributed by atoms with E-state index in [0.29, 0.717) is 12.2 Å². The molecule has 4 N–H and O–H groups in total. The van der Waals surface area contributed by atoms with Crippen molar-refractivity contribution in [1.82, 2.24) is 4.90 Å². The van der Waals surface area contributed by atoms with Gasteiger partial charge >= 0.3 is 0 Å². The van der Waals surface area contributed by atoms with Crippen LogP contribution in [0.15, 0.2) is 48.7 Å². The highest BCUT2D eigenvalue weighted by atomic mass is 16.2. The zero-order valence-corrected chi connectivity index (χ0v) is 11.9. The maximum Gasteiger partial charge on any atom is 0.264 e. The van der Waals surface area contributed by atoms with Gasteiger partial charge in [0.1, 0.15) is 0 Å². The Morgan fingerprint density at radius 1 is 1.19 bits per heavy atom. The van der Waals surface area contributed by atoms with Gasteiger partial charge in [0.25, 0.3) is 5.91 Å². The van der Waals surface area contributed by atoms with Crippen LogP contribution in [0, 0.1) is 0 Å². The quantitative estimate of drug-likeness (QED) is 0.823. The maximum atomic E-state index is 12.3. The van der Waals surface area contributed by atoms with Gasteiger partial charge in [-0.15, -0.1) is 0 Å². The molecule has 0 bridgehead atoms. The summed E-state index contributed by atoms with van der Waals surface area (Å²) < 4.78 is 0. The third kappa shape index (κ3) is 2.14. The van der Waals surface area contributed by atoms with Crippen molar-refractivity contribution in [3.8, 4) is 0 Å². The van der Waals surface area contributed by atoms with Crippen molar-refractivity contribution in [2.24, 2.45) is 5.73 Å². The Morgan fingerprint density at radius 3 is 2.57 bits per heavy atom. The molecule has 1 amide bonds. The monoisotopic (exact) mass is 284 g/mol. The molecule has 0 spiro atoms. The van der Waals surface area contributed by atoms with Crippen molar-refractivity contribution in [2.75, 3.05) is 23.7 Å². The Kier molecular flexibility index (Phi) is 3.33. The number of primary amides is 1. The molecule has 0 radical (unpaired) electrons. The number of hydrogen-bond acceptors (Lipinski definition) is 4. The van der Waals surface area contributed by atoms with Gasteiger partial charge in [0, 0.05) is 37.1 Å². The number of carbonyl (C=O) groups excluding carboxylic acids is 1. The molecule has 1 aromatic carbocycles. The van der Waals surface area contributed by atoms with Crippen molar-refractivity contribution in [3.05, 3.63) is 48.7 Å². The van der Waals surface area contributed by atoms with E-state index < -0.39 is 5.66 Å². The largest absolute Gasteiger partial charge is 0.399 e. The standard InChI is InChI=1S/C16H20N4O/c17-13-5-7-14(8-6-13)20-12-4-9-16(20,15(18)21)19-10-2-1-3-11-19/h1-3,5-8,10H,4,9,11-12,17H2,(H2,18,21)/t16-/m0/s1. The molecular formula is C16H20N4O. The van der Waals surface area contributed by atoms with E-state index in [-0.39, 0.29) is 5.91 Å². The first-order valence-corrected chi connectivity index (χ1v) is 7.18. The highest BCUT2D eigenvalue weighted by molar-refractivity contribution is 5.89. The van der Waals surface area contributed by atoms with Crippen molar-refractivity contribution < 1.29 is 4.79 Å². The van der Waals surface area contributed by atoms with Crippen LogP contribution in [0.2, 0.25) is 0 Å². The minimum absolute atomic E-state index is 0.309. The average molecular weight is 284 g/mol. The number of benzene rings is 1. The van der Waals surface area contributed by atoms with Crippen LogP contribution in [0.3, 0.4) is 0 Å². The summed E-state index contributed by atoms with van der Waals surface area (Å²) in [7, 11) is 0. The number of nitrogens with two attached hydrogens (primary N) is 2. The summed E-state index contributed by atoms with van der Waals surface area (Å²) in [6.45, 7) is 1.49. The van der Waals surface area contributed by atoms with E-state index in [4.69, 9.17) is 11.5 Å². The summed E-state index contributed by atoms with van der Waals surface area (Å²) in [4.78, 5) is 16.5. The molecule has 0 saturated carbocycles. The van der Waals surface area contributed by atoms with Gasteiger partial charge in [-0.3, -0.25) is 4.79 Å². The fourth-order valence-corrected chi connectivity index (χ4v) is 3.24. The summed E-state index contributed by atoms with van der Waals surface area (Å²) >= 11 is 0. The molecule has 1 fully saturated rings. The SMILES string of the molecule is NC(=O)[C@]1(N2C=CC=CC2)CCCN1c1ccc(N)cc1. The number of amides is 1. The molecule has 1 saturated heterocycles. The molecule has 0 aromatic heterocycles. The number of nitrogens with zero attached hydrogens (tertiary/aromatic N) is 2. The van der Waals surface area contributed by atoms with Crippen LogP contribution in [-0.4, -0.2) is 29.6 Å². The van der Waals surface area contributed by atoms with E-state index in [1.165, 1.54) is 0 Å². The molecule has 110 valence electrons. The van der Waals surface area contributed by atoms with Gasteiger partial charge in [0.15, 0.2) is 5.66 Å². The van der Waals surface area contributed by atoms with Gasteiger partial charge in [-0.1, -0.05) is 12.2 Å². The lowest BCUT2D eigenvalue weighted by molar-refractivity contribution is -0.127. The second kappa shape index (κ2) is 5.16. The van der Waals surface area contributed by atoms with Crippen LogP contribution in [0.1, 0.15) is 12.8 Å². The third-order valence-electron chi connectivity index (χ3n) is 4.24. The Morgan fingerprint density at radius 2 is 1.95 bits per heavy atom. The van der Waals surface area contributed by atoms with Gasteiger partial charge in [0.05, 0.1) is 0 Å². The van der Waals surface area contributed by atoms with Gasteiger partial charge in [-0.05, 0) is 36.8 Å². The second-order valence-corrected chi connectivity index (χ2v) is 5.45. The van der Waals surface area contributed by atoms with Crippen LogP contribution in [0.4, 0.5) is 11.4 Å². The van der Waals surface area contributed by atoms with E-state index in [0.717, 1.165) is 25.1 Å². The number of anilines is 2. The highest BCUT2D eigenvalue weighted by Crippen LogP contribution is 2.37. The topological polar surface area (TPSA) is 75.6 Å². The number of nitrogen functional groups attached to an aromatic ring is 1. The van der Waals surface area contributed by atoms with Crippen LogP contribution in [0.25, 0.3) is 0 Å². The smallest absolute Gasteiger partial charge is 0.264 e. The van der Waals surface area contributed by atoms with Gasteiger partial charge in [-0.2, -0.15) is 0 Å². The highest BCUT2D eigenvalue weighted by Gasteiger charge is 2.50. The lowest BCUT2D eigenvalue weighted by Crippen LogP contribution is -2.63. The Bertz CT molecular complexity index is 593. The van der Waals surface area contributed by atoms with Crippen LogP contribution >= 0.6 is 0 Å². The molecule has 21 heavy (non-hydrogen) atoms. The Labute approximate surface area is 124 Å². The Hall–Kier alpha value is -2.43. The van der Waals surface area contributed by atoms with Crippen LogP contribution in [-0.2, 0) is 4.79 Å². The number of carbonyl (C=O) groups is 1. The molecule has 2 aliphatic rings. The molecule has 0 unspecified atom stereocenters. The first kappa shape index (κ1) is 13.5. The van der Waals surface area contributed by atoms with E-state index in [1.807, 2.05) is 53.6 Å². The summed E-state index contributed by atoms with van der Waals surface area (Å²) in [5, 5.41) is 0. The zero-order valence-electron chi connectivity index (χ0n) is 11.9. The molecule has 1 atom stereocenters. The van der Waals surface area contributed by atoms with E-state index in [9.17, 15) is 4.79 Å². The number of rotatable bonds is 3. The van der Waals surface area contributed by atoms with E-state index in [2.05, 4.69) is 4.90 Å². The lowest BCUT2D eigenvalue weighted by atomic mass is 10.0. The van der Waals surface area contributed by atoms with E-state index >= 15 is 0 Å². The minimum atomic E-state index is -0.794. The lowest BCUT2D eigenvalue weighted by Gasteiger charge is -2.45. The normalized spacial score (nSPS) is 24.6. The summed E-state index contributed by atoms with van der Waals surface area (Å²) in [5.74, 6) is -0.309. The van der Waals surface area contributed by atoms with Gasteiger partial charge in [-0.25, -0.2) is 0 Å². The third-order valence-corrected chi connectivity index (χ3v) is 4.24. The fourth-order valence-electron chi connectivity index (χ4n) is 3.24. The summed E-state index contributed by atoms with van der Waals surface area (Å²) in [6.07, 6.45) is 9.55. The number of allylic oxidation sites excluding steroid dienone is 2. The van der Waals surface area contributed by atoms with Crippen molar-refractivity contribution in [3.63, 3.8) is 0 Å². The first-order chi connectivity index (χ1) is 10.1.